The lowest BCUT2D eigenvalue weighted by Crippen LogP contribution is -2.00. The minimum absolute atomic E-state index is 0.281. The minimum atomic E-state index is 0.281. The third kappa shape index (κ3) is 2.70. The summed E-state index contributed by atoms with van der Waals surface area (Å²) >= 11 is 0. The van der Waals surface area contributed by atoms with Crippen molar-refractivity contribution in [2.75, 3.05) is 5.73 Å². The molecule has 0 saturated carbocycles. The largest absolute Gasteiger partial charge is 0.368 e. The molecule has 3 aromatic rings. The summed E-state index contributed by atoms with van der Waals surface area (Å²) in [6.45, 7) is 3.99. The lowest BCUT2D eigenvalue weighted by atomic mass is 10.0. The van der Waals surface area contributed by atoms with Crippen LogP contribution in [0, 0.1) is 13.8 Å². The number of rotatable bonds is 3. The molecule has 5 heteroatoms. The quantitative estimate of drug-likeness (QED) is 0.806. The molecule has 112 valence electrons. The number of nitrogen functional groups attached to an aromatic ring is 1. The highest BCUT2D eigenvalue weighted by molar-refractivity contribution is 5.62. The minimum Gasteiger partial charge on any atom is -0.368 e. The fraction of sp³-hybridized carbons (Fsp3) is 0.235. The van der Waals surface area contributed by atoms with Crippen LogP contribution in [0.1, 0.15) is 22.5 Å². The molecule has 2 heterocycles. The Morgan fingerprint density at radius 1 is 1.09 bits per heavy atom. The molecule has 0 bridgehead atoms. The molecular formula is C17H19N5. The number of aryl methyl sites for hydroxylation is 2. The molecule has 0 aliphatic rings. The Kier molecular flexibility index (Phi) is 3.63. The molecule has 5 nitrogen and oxygen atoms in total. The number of nitrogens with two attached hydrogens (primary N) is 1. The second-order valence-corrected chi connectivity index (χ2v) is 5.45. The van der Waals surface area contributed by atoms with Crippen LogP contribution in [0.25, 0.3) is 11.4 Å². The van der Waals surface area contributed by atoms with Crippen molar-refractivity contribution < 1.29 is 0 Å². The molecule has 0 amide bonds. The summed E-state index contributed by atoms with van der Waals surface area (Å²) in [4.78, 5) is 8.49. The predicted molar refractivity (Wildman–Crippen MR) is 87.4 cm³/mol. The van der Waals surface area contributed by atoms with E-state index < -0.39 is 0 Å². The summed E-state index contributed by atoms with van der Waals surface area (Å²) in [6, 6.07) is 12.3. The van der Waals surface area contributed by atoms with E-state index in [4.69, 9.17) is 5.73 Å². The maximum absolute atomic E-state index is 5.79. The van der Waals surface area contributed by atoms with Crippen molar-refractivity contribution in [3.8, 4) is 11.4 Å². The van der Waals surface area contributed by atoms with Gasteiger partial charge in [0.05, 0.1) is 5.69 Å². The van der Waals surface area contributed by atoms with Crippen LogP contribution in [-0.4, -0.2) is 19.7 Å². The Morgan fingerprint density at radius 3 is 2.50 bits per heavy atom. The van der Waals surface area contributed by atoms with E-state index in [2.05, 4.69) is 34.1 Å². The smallest absolute Gasteiger partial charge is 0.220 e. The van der Waals surface area contributed by atoms with E-state index >= 15 is 0 Å². The van der Waals surface area contributed by atoms with Gasteiger partial charge in [-0.25, -0.2) is 9.97 Å². The highest BCUT2D eigenvalue weighted by Gasteiger charge is 2.17. The Bertz CT molecular complexity index is 785. The van der Waals surface area contributed by atoms with Crippen molar-refractivity contribution in [1.82, 2.24) is 19.7 Å². The zero-order valence-electron chi connectivity index (χ0n) is 13.0. The highest BCUT2D eigenvalue weighted by atomic mass is 15.3. The van der Waals surface area contributed by atoms with Gasteiger partial charge in [-0.05, 0) is 25.5 Å². The maximum atomic E-state index is 5.79. The molecule has 0 radical (unpaired) electrons. The molecule has 22 heavy (non-hydrogen) atoms. The average molecular weight is 293 g/mol. The zero-order valence-corrected chi connectivity index (χ0v) is 13.0. The van der Waals surface area contributed by atoms with Gasteiger partial charge >= 0.3 is 0 Å². The van der Waals surface area contributed by atoms with Gasteiger partial charge in [0.2, 0.25) is 5.95 Å². The average Bonchev–Trinajstić information content (AvgIpc) is 2.76. The molecule has 2 aromatic heterocycles. The van der Waals surface area contributed by atoms with Gasteiger partial charge in [-0.1, -0.05) is 30.3 Å². The first-order valence-electron chi connectivity index (χ1n) is 7.22. The van der Waals surface area contributed by atoms with Crippen molar-refractivity contribution in [3.05, 3.63) is 58.9 Å². The van der Waals surface area contributed by atoms with Gasteiger partial charge in [0.25, 0.3) is 0 Å². The van der Waals surface area contributed by atoms with Crippen LogP contribution in [0.3, 0.4) is 0 Å². The van der Waals surface area contributed by atoms with Crippen LogP contribution >= 0.6 is 0 Å². The normalized spacial score (nSPS) is 10.9. The standard InChI is InChI=1S/C17H19N5/c1-11-9-15(20-17(18)19-11)16-14(12(2)22(3)21-16)10-13-7-5-4-6-8-13/h4-9H,10H2,1-3H3,(H2,18,19,20). The topological polar surface area (TPSA) is 69.6 Å². The van der Waals surface area contributed by atoms with Crippen LogP contribution < -0.4 is 5.73 Å². The molecule has 0 fully saturated rings. The van der Waals surface area contributed by atoms with Crippen molar-refractivity contribution in [3.63, 3.8) is 0 Å². The van der Waals surface area contributed by atoms with E-state index in [9.17, 15) is 0 Å². The van der Waals surface area contributed by atoms with Gasteiger partial charge in [0.1, 0.15) is 5.69 Å². The van der Waals surface area contributed by atoms with Crippen LogP contribution in [0.15, 0.2) is 36.4 Å². The molecule has 0 aliphatic carbocycles. The van der Waals surface area contributed by atoms with Crippen molar-refractivity contribution in [2.24, 2.45) is 7.05 Å². The second kappa shape index (κ2) is 5.60. The molecule has 3 rings (SSSR count). The highest BCUT2D eigenvalue weighted by Crippen LogP contribution is 2.26. The molecule has 0 saturated heterocycles. The summed E-state index contributed by atoms with van der Waals surface area (Å²) in [5.74, 6) is 0.281. The van der Waals surface area contributed by atoms with Crippen LogP contribution in [0.5, 0.6) is 0 Å². The van der Waals surface area contributed by atoms with Gasteiger partial charge in [-0.15, -0.1) is 0 Å². The van der Waals surface area contributed by atoms with Gasteiger partial charge < -0.3 is 5.73 Å². The molecule has 0 unspecified atom stereocenters. The Balaban J connectivity index is 2.10. The van der Waals surface area contributed by atoms with Gasteiger partial charge in [0.15, 0.2) is 0 Å². The summed E-state index contributed by atoms with van der Waals surface area (Å²) in [5.41, 5.74) is 11.8. The molecule has 0 aliphatic heterocycles. The number of hydrogen-bond acceptors (Lipinski definition) is 4. The number of nitrogens with zero attached hydrogens (tertiary/aromatic N) is 4. The molecule has 0 spiro atoms. The van der Waals surface area contributed by atoms with Crippen molar-refractivity contribution >= 4 is 5.95 Å². The van der Waals surface area contributed by atoms with E-state index in [1.165, 1.54) is 11.1 Å². The van der Waals surface area contributed by atoms with Crippen molar-refractivity contribution in [2.45, 2.75) is 20.3 Å². The first kappa shape index (κ1) is 14.3. The molecule has 0 atom stereocenters. The van der Waals surface area contributed by atoms with E-state index in [1.54, 1.807) is 0 Å². The molecule has 1 aromatic carbocycles. The lowest BCUT2D eigenvalue weighted by molar-refractivity contribution is 0.740. The first-order valence-corrected chi connectivity index (χ1v) is 7.22. The summed E-state index contributed by atoms with van der Waals surface area (Å²) in [6.07, 6.45) is 0.818. The lowest BCUT2D eigenvalue weighted by Gasteiger charge is -2.05. The van der Waals surface area contributed by atoms with E-state index in [0.717, 1.165) is 29.2 Å². The van der Waals surface area contributed by atoms with Crippen molar-refractivity contribution in [1.29, 1.82) is 0 Å². The third-order valence-electron chi connectivity index (χ3n) is 3.80. The number of aromatic nitrogens is 4. The van der Waals surface area contributed by atoms with Gasteiger partial charge in [0, 0.05) is 30.4 Å². The fourth-order valence-corrected chi connectivity index (χ4v) is 2.58. The fourth-order valence-electron chi connectivity index (χ4n) is 2.58. The van der Waals surface area contributed by atoms with Crippen LogP contribution in [-0.2, 0) is 13.5 Å². The summed E-state index contributed by atoms with van der Waals surface area (Å²) in [5, 5.41) is 4.63. The zero-order chi connectivity index (χ0) is 15.7. The summed E-state index contributed by atoms with van der Waals surface area (Å²) in [7, 11) is 1.95. The van der Waals surface area contributed by atoms with E-state index in [0.29, 0.717) is 0 Å². The third-order valence-corrected chi connectivity index (χ3v) is 3.80. The molecular weight excluding hydrogens is 274 g/mol. The second-order valence-electron chi connectivity index (χ2n) is 5.45. The van der Waals surface area contributed by atoms with Crippen LogP contribution in [0.4, 0.5) is 5.95 Å². The van der Waals surface area contributed by atoms with E-state index in [-0.39, 0.29) is 5.95 Å². The van der Waals surface area contributed by atoms with E-state index in [1.807, 2.05) is 42.9 Å². The van der Waals surface area contributed by atoms with Gasteiger partial charge in [-0.3, -0.25) is 4.68 Å². The number of benzene rings is 1. The molecule has 2 N–H and O–H groups in total. The first-order chi connectivity index (χ1) is 10.5. The monoisotopic (exact) mass is 293 g/mol. The number of anilines is 1. The van der Waals surface area contributed by atoms with Gasteiger partial charge in [-0.2, -0.15) is 5.10 Å². The summed E-state index contributed by atoms with van der Waals surface area (Å²) < 4.78 is 1.89. The Labute approximate surface area is 129 Å². The predicted octanol–water partition coefficient (Wildman–Crippen LogP) is 2.67. The maximum Gasteiger partial charge on any atom is 0.220 e. The SMILES string of the molecule is Cc1cc(-c2nn(C)c(C)c2Cc2ccccc2)nc(N)n1. The van der Waals surface area contributed by atoms with Crippen LogP contribution in [0.2, 0.25) is 0 Å². The number of hydrogen-bond donors (Lipinski definition) is 1. The Hall–Kier alpha value is -2.69. The Morgan fingerprint density at radius 2 is 1.82 bits per heavy atom.